The van der Waals surface area contributed by atoms with Crippen LogP contribution in [0.4, 0.5) is 13.2 Å². The smallest absolute Gasteiger partial charge is 0.352 e. The third kappa shape index (κ3) is 4.54. The number of hydrogen-bond donors (Lipinski definition) is 1. The molecule has 0 spiro atoms. The number of nitrogens with one attached hydrogen (secondary N) is 1. The van der Waals surface area contributed by atoms with Gasteiger partial charge in [-0.3, -0.25) is 4.79 Å². The Hall–Kier alpha value is -1.59. The number of nitrogens with zero attached hydrogens (tertiary/aromatic N) is 1. The first-order chi connectivity index (χ1) is 8.86. The molecule has 19 heavy (non-hydrogen) atoms. The second kappa shape index (κ2) is 6.54. The largest absolute Gasteiger partial charge is 0.433 e. The Balaban J connectivity index is 2.71. The summed E-state index contributed by atoms with van der Waals surface area (Å²) in [5.74, 6) is -0.380. The molecule has 1 N–H and O–H groups in total. The van der Waals surface area contributed by atoms with Crippen molar-refractivity contribution in [2.45, 2.75) is 39.3 Å². The fourth-order valence-corrected chi connectivity index (χ4v) is 1.63. The molecule has 1 amide bonds. The molecule has 0 aromatic carbocycles. The van der Waals surface area contributed by atoms with E-state index in [2.05, 4.69) is 10.3 Å². The maximum atomic E-state index is 12.4. The number of carbonyl (C=O) groups excluding carboxylic acids is 1. The van der Waals surface area contributed by atoms with E-state index in [1.807, 2.05) is 6.92 Å². The molecule has 0 saturated carbocycles. The molecule has 0 aliphatic heterocycles. The van der Waals surface area contributed by atoms with Gasteiger partial charge in [0, 0.05) is 6.54 Å². The maximum Gasteiger partial charge on any atom is 0.433 e. The van der Waals surface area contributed by atoms with Gasteiger partial charge in [-0.25, -0.2) is 4.98 Å². The zero-order valence-electron chi connectivity index (χ0n) is 11.0. The standard InChI is InChI=1S/C13H17F3N2O/c1-3-4-5-8-17-12(19)10-6-7-11(13(14,15)16)18-9(10)2/h6-7H,3-5,8H2,1-2H3,(H,17,19). The molecular formula is C13H17F3N2O. The normalized spacial score (nSPS) is 11.4. The summed E-state index contributed by atoms with van der Waals surface area (Å²) in [4.78, 5) is 15.2. The van der Waals surface area contributed by atoms with Crippen LogP contribution in [0.5, 0.6) is 0 Å². The SMILES string of the molecule is CCCCCNC(=O)c1ccc(C(F)(F)F)nc1C. The lowest BCUT2D eigenvalue weighted by atomic mass is 10.1. The molecule has 0 aliphatic rings. The van der Waals surface area contributed by atoms with Crippen LogP contribution in [0.2, 0.25) is 0 Å². The Morgan fingerprint density at radius 3 is 2.53 bits per heavy atom. The second-order valence-corrected chi connectivity index (χ2v) is 4.29. The van der Waals surface area contributed by atoms with Crippen molar-refractivity contribution in [3.05, 3.63) is 29.1 Å². The van der Waals surface area contributed by atoms with Gasteiger partial charge in [0.1, 0.15) is 5.69 Å². The number of hydrogen-bond acceptors (Lipinski definition) is 2. The summed E-state index contributed by atoms with van der Waals surface area (Å²) in [6, 6.07) is 1.99. The Morgan fingerprint density at radius 1 is 1.32 bits per heavy atom. The van der Waals surface area contributed by atoms with E-state index in [-0.39, 0.29) is 17.2 Å². The zero-order chi connectivity index (χ0) is 14.5. The van der Waals surface area contributed by atoms with Gasteiger partial charge in [0.05, 0.1) is 11.3 Å². The van der Waals surface area contributed by atoms with Gasteiger partial charge < -0.3 is 5.32 Å². The molecule has 0 radical (unpaired) electrons. The molecule has 0 aliphatic carbocycles. The predicted molar refractivity (Wildman–Crippen MR) is 65.8 cm³/mol. The summed E-state index contributed by atoms with van der Waals surface area (Å²) >= 11 is 0. The maximum absolute atomic E-state index is 12.4. The van der Waals surface area contributed by atoms with Crippen molar-refractivity contribution in [2.75, 3.05) is 6.54 Å². The number of unbranched alkanes of at least 4 members (excludes halogenated alkanes) is 2. The van der Waals surface area contributed by atoms with Crippen LogP contribution in [0.1, 0.15) is 47.9 Å². The Bertz CT molecular complexity index is 444. The predicted octanol–water partition coefficient (Wildman–Crippen LogP) is 3.33. The van der Waals surface area contributed by atoms with Gasteiger partial charge in [-0.2, -0.15) is 13.2 Å². The Morgan fingerprint density at radius 2 is 2.00 bits per heavy atom. The van der Waals surface area contributed by atoms with E-state index in [1.54, 1.807) is 0 Å². The number of rotatable bonds is 5. The van der Waals surface area contributed by atoms with Crippen LogP contribution in [-0.4, -0.2) is 17.4 Å². The molecular weight excluding hydrogens is 257 g/mol. The van der Waals surface area contributed by atoms with E-state index in [1.165, 1.54) is 13.0 Å². The summed E-state index contributed by atoms with van der Waals surface area (Å²) < 4.78 is 37.3. The summed E-state index contributed by atoms with van der Waals surface area (Å²) in [6.07, 6.45) is -1.59. The molecule has 106 valence electrons. The molecule has 0 bridgehead atoms. The van der Waals surface area contributed by atoms with Gasteiger partial charge in [-0.05, 0) is 25.5 Å². The molecule has 1 aromatic heterocycles. The quantitative estimate of drug-likeness (QED) is 0.837. The lowest BCUT2D eigenvalue weighted by molar-refractivity contribution is -0.141. The minimum atomic E-state index is -4.49. The number of amides is 1. The molecule has 0 atom stereocenters. The van der Waals surface area contributed by atoms with Crippen LogP contribution < -0.4 is 5.32 Å². The highest BCUT2D eigenvalue weighted by Crippen LogP contribution is 2.28. The lowest BCUT2D eigenvalue weighted by Gasteiger charge is -2.10. The first-order valence-corrected chi connectivity index (χ1v) is 6.19. The van der Waals surface area contributed by atoms with Crippen LogP contribution in [0, 0.1) is 6.92 Å². The summed E-state index contributed by atoms with van der Waals surface area (Å²) in [6.45, 7) is 3.97. The Labute approximate surface area is 110 Å². The van der Waals surface area contributed by atoms with Crippen molar-refractivity contribution in [2.24, 2.45) is 0 Å². The second-order valence-electron chi connectivity index (χ2n) is 4.29. The zero-order valence-corrected chi connectivity index (χ0v) is 11.0. The third-order valence-corrected chi connectivity index (χ3v) is 2.69. The van der Waals surface area contributed by atoms with Crippen molar-refractivity contribution in [3.63, 3.8) is 0 Å². The first-order valence-electron chi connectivity index (χ1n) is 6.19. The van der Waals surface area contributed by atoms with Crippen molar-refractivity contribution < 1.29 is 18.0 Å². The van der Waals surface area contributed by atoms with E-state index < -0.39 is 11.9 Å². The van der Waals surface area contributed by atoms with Crippen LogP contribution in [0.25, 0.3) is 0 Å². The highest BCUT2D eigenvalue weighted by molar-refractivity contribution is 5.95. The molecule has 1 rings (SSSR count). The van der Waals surface area contributed by atoms with E-state index in [0.29, 0.717) is 6.54 Å². The van der Waals surface area contributed by atoms with Crippen molar-refractivity contribution in [3.8, 4) is 0 Å². The fraction of sp³-hybridized carbons (Fsp3) is 0.538. The highest BCUT2D eigenvalue weighted by atomic mass is 19.4. The van der Waals surface area contributed by atoms with Gasteiger partial charge in [-0.1, -0.05) is 19.8 Å². The molecule has 1 heterocycles. The van der Waals surface area contributed by atoms with Crippen LogP contribution >= 0.6 is 0 Å². The summed E-state index contributed by atoms with van der Waals surface area (Å²) in [5.41, 5.74) is -0.708. The van der Waals surface area contributed by atoms with Gasteiger partial charge >= 0.3 is 6.18 Å². The van der Waals surface area contributed by atoms with Crippen LogP contribution in [0.15, 0.2) is 12.1 Å². The molecule has 0 fully saturated rings. The van der Waals surface area contributed by atoms with E-state index >= 15 is 0 Å². The van der Waals surface area contributed by atoms with Gasteiger partial charge in [0.2, 0.25) is 0 Å². The molecule has 0 saturated heterocycles. The van der Waals surface area contributed by atoms with Crippen LogP contribution in [0.3, 0.4) is 0 Å². The fourth-order valence-electron chi connectivity index (χ4n) is 1.63. The van der Waals surface area contributed by atoms with Crippen molar-refractivity contribution >= 4 is 5.91 Å². The average Bonchev–Trinajstić information content (AvgIpc) is 2.33. The van der Waals surface area contributed by atoms with Crippen LogP contribution in [-0.2, 0) is 6.18 Å². The van der Waals surface area contributed by atoms with Gasteiger partial charge in [0.25, 0.3) is 5.91 Å². The number of halogens is 3. The van der Waals surface area contributed by atoms with Crippen molar-refractivity contribution in [1.29, 1.82) is 0 Å². The molecule has 1 aromatic rings. The van der Waals surface area contributed by atoms with E-state index in [9.17, 15) is 18.0 Å². The highest BCUT2D eigenvalue weighted by Gasteiger charge is 2.32. The number of alkyl halides is 3. The van der Waals surface area contributed by atoms with Gasteiger partial charge in [0.15, 0.2) is 0 Å². The van der Waals surface area contributed by atoms with E-state index in [0.717, 1.165) is 25.3 Å². The number of pyridine rings is 1. The number of aryl methyl sites for hydroxylation is 1. The summed E-state index contributed by atoms with van der Waals surface area (Å²) in [7, 11) is 0. The monoisotopic (exact) mass is 274 g/mol. The molecule has 0 unspecified atom stereocenters. The minimum absolute atomic E-state index is 0.0859. The van der Waals surface area contributed by atoms with E-state index in [4.69, 9.17) is 0 Å². The molecule has 3 nitrogen and oxygen atoms in total. The molecule has 6 heteroatoms. The summed E-state index contributed by atoms with van der Waals surface area (Å²) in [5, 5.41) is 2.67. The topological polar surface area (TPSA) is 42.0 Å². The Kier molecular flexibility index (Phi) is 5.32. The number of carbonyl (C=O) groups is 1. The van der Waals surface area contributed by atoms with Gasteiger partial charge in [-0.15, -0.1) is 0 Å². The minimum Gasteiger partial charge on any atom is -0.352 e. The van der Waals surface area contributed by atoms with Crippen molar-refractivity contribution in [1.82, 2.24) is 10.3 Å². The number of aromatic nitrogens is 1. The average molecular weight is 274 g/mol. The third-order valence-electron chi connectivity index (χ3n) is 2.69. The lowest BCUT2D eigenvalue weighted by Crippen LogP contribution is -2.26. The first kappa shape index (κ1) is 15.5.